The van der Waals surface area contributed by atoms with E-state index >= 15 is 0 Å². The maximum absolute atomic E-state index is 11.4. The highest BCUT2D eigenvalue weighted by Gasteiger charge is 2.21. The number of carbonyl (C=O) groups excluding carboxylic acids is 1. The van der Waals surface area contributed by atoms with Gasteiger partial charge in [0.25, 0.3) is 5.91 Å². The number of aliphatic imine (C=N–C) groups is 1. The number of carbonyl (C=O) groups is 1. The van der Waals surface area contributed by atoms with Crippen molar-refractivity contribution in [1.29, 1.82) is 0 Å². The fraction of sp³-hybridized carbons (Fsp3) is 0.467. The van der Waals surface area contributed by atoms with E-state index in [1.54, 1.807) is 7.05 Å². The minimum Gasteiger partial charge on any atom is -0.357 e. The van der Waals surface area contributed by atoms with Gasteiger partial charge in [0.05, 0.1) is 6.54 Å². The van der Waals surface area contributed by atoms with Crippen molar-refractivity contribution in [3.8, 4) is 0 Å². The van der Waals surface area contributed by atoms with Crippen LogP contribution in [0.1, 0.15) is 35.7 Å². The fourth-order valence-corrected chi connectivity index (χ4v) is 1.82. The van der Waals surface area contributed by atoms with Crippen LogP contribution in [0.15, 0.2) is 29.3 Å². The molecule has 2 rings (SSSR count). The topological polar surface area (TPSA) is 65.5 Å². The highest BCUT2D eigenvalue weighted by molar-refractivity contribution is 14.0. The van der Waals surface area contributed by atoms with Crippen LogP contribution in [0, 0.1) is 0 Å². The van der Waals surface area contributed by atoms with Crippen LogP contribution in [0.4, 0.5) is 0 Å². The fourth-order valence-electron chi connectivity index (χ4n) is 1.82. The van der Waals surface area contributed by atoms with Gasteiger partial charge < -0.3 is 16.0 Å². The SMILES string of the molecule is CCNC(=NCc1ccc(C(=O)NC)cc1)NC1CC1.I. The Bertz CT molecular complexity index is 483. The van der Waals surface area contributed by atoms with Gasteiger partial charge in [0, 0.05) is 25.2 Å². The molecule has 1 aromatic rings. The van der Waals surface area contributed by atoms with Gasteiger partial charge in [0.2, 0.25) is 0 Å². The van der Waals surface area contributed by atoms with E-state index in [0.29, 0.717) is 18.2 Å². The summed E-state index contributed by atoms with van der Waals surface area (Å²) in [7, 11) is 1.63. The molecule has 0 bridgehead atoms. The molecule has 116 valence electrons. The van der Waals surface area contributed by atoms with E-state index in [4.69, 9.17) is 0 Å². The molecule has 1 aliphatic rings. The van der Waals surface area contributed by atoms with Crippen LogP contribution in [0.25, 0.3) is 0 Å². The molecule has 21 heavy (non-hydrogen) atoms. The van der Waals surface area contributed by atoms with Crippen molar-refractivity contribution >= 4 is 35.8 Å². The highest BCUT2D eigenvalue weighted by Crippen LogP contribution is 2.18. The predicted molar refractivity (Wildman–Crippen MR) is 96.2 cm³/mol. The zero-order valence-electron chi connectivity index (χ0n) is 12.5. The van der Waals surface area contributed by atoms with Crippen LogP contribution in [0.2, 0.25) is 0 Å². The van der Waals surface area contributed by atoms with E-state index in [2.05, 4.69) is 27.9 Å². The largest absolute Gasteiger partial charge is 0.357 e. The van der Waals surface area contributed by atoms with Crippen LogP contribution in [-0.2, 0) is 6.54 Å². The second-order valence-electron chi connectivity index (χ2n) is 4.89. The lowest BCUT2D eigenvalue weighted by Gasteiger charge is -2.10. The molecule has 0 aliphatic heterocycles. The van der Waals surface area contributed by atoms with Crippen molar-refractivity contribution in [2.75, 3.05) is 13.6 Å². The summed E-state index contributed by atoms with van der Waals surface area (Å²) in [5.41, 5.74) is 1.76. The summed E-state index contributed by atoms with van der Waals surface area (Å²) in [6, 6.07) is 8.11. The lowest BCUT2D eigenvalue weighted by Crippen LogP contribution is -2.38. The van der Waals surface area contributed by atoms with Gasteiger partial charge in [0.15, 0.2) is 5.96 Å². The van der Waals surface area contributed by atoms with E-state index in [1.807, 2.05) is 24.3 Å². The summed E-state index contributed by atoms with van der Waals surface area (Å²) in [5.74, 6) is 0.800. The summed E-state index contributed by atoms with van der Waals surface area (Å²) in [4.78, 5) is 16.0. The van der Waals surface area contributed by atoms with Gasteiger partial charge in [-0.25, -0.2) is 4.99 Å². The standard InChI is InChI=1S/C15H22N4O.HI/c1-3-17-15(19-13-8-9-13)18-10-11-4-6-12(7-5-11)14(20)16-2;/h4-7,13H,3,8-10H2,1-2H3,(H,16,20)(H2,17,18,19);1H. The molecule has 0 heterocycles. The van der Waals surface area contributed by atoms with Crippen molar-refractivity contribution < 1.29 is 4.79 Å². The number of guanidine groups is 1. The molecule has 0 spiro atoms. The number of hydrogen-bond acceptors (Lipinski definition) is 2. The van der Waals surface area contributed by atoms with Crippen LogP contribution in [0.5, 0.6) is 0 Å². The normalized spacial score (nSPS) is 14.1. The van der Waals surface area contributed by atoms with E-state index in [-0.39, 0.29) is 29.9 Å². The zero-order valence-corrected chi connectivity index (χ0v) is 14.8. The molecular formula is C15H23IN4O. The predicted octanol–water partition coefficient (Wildman–Crippen LogP) is 1.88. The smallest absolute Gasteiger partial charge is 0.251 e. The Morgan fingerprint density at radius 1 is 1.29 bits per heavy atom. The molecule has 1 saturated carbocycles. The first kappa shape index (κ1) is 17.7. The Labute approximate surface area is 143 Å². The van der Waals surface area contributed by atoms with Gasteiger partial charge in [-0.05, 0) is 37.5 Å². The Kier molecular flexibility index (Phi) is 7.49. The molecule has 0 unspecified atom stereocenters. The molecule has 0 aromatic heterocycles. The lowest BCUT2D eigenvalue weighted by atomic mass is 10.1. The molecular weight excluding hydrogens is 379 g/mol. The second-order valence-corrected chi connectivity index (χ2v) is 4.89. The average Bonchev–Trinajstić information content (AvgIpc) is 3.29. The Hall–Kier alpha value is -1.31. The van der Waals surface area contributed by atoms with E-state index < -0.39 is 0 Å². The summed E-state index contributed by atoms with van der Waals surface area (Å²) in [6.45, 7) is 3.52. The van der Waals surface area contributed by atoms with Gasteiger partial charge in [-0.1, -0.05) is 12.1 Å². The summed E-state index contributed by atoms with van der Waals surface area (Å²) in [6.07, 6.45) is 2.45. The molecule has 6 heteroatoms. The third-order valence-corrected chi connectivity index (χ3v) is 3.13. The number of nitrogens with zero attached hydrogens (tertiary/aromatic N) is 1. The van der Waals surface area contributed by atoms with E-state index in [1.165, 1.54) is 12.8 Å². The third kappa shape index (κ3) is 5.91. The molecule has 0 saturated heterocycles. The van der Waals surface area contributed by atoms with Gasteiger partial charge in [-0.2, -0.15) is 0 Å². The van der Waals surface area contributed by atoms with Crippen molar-refractivity contribution in [2.45, 2.75) is 32.4 Å². The number of benzene rings is 1. The summed E-state index contributed by atoms with van der Waals surface area (Å²) < 4.78 is 0. The van der Waals surface area contributed by atoms with Crippen molar-refractivity contribution in [2.24, 2.45) is 4.99 Å². The number of rotatable bonds is 5. The van der Waals surface area contributed by atoms with Crippen molar-refractivity contribution in [1.82, 2.24) is 16.0 Å². The first-order valence-corrected chi connectivity index (χ1v) is 7.08. The minimum absolute atomic E-state index is 0. The summed E-state index contributed by atoms with van der Waals surface area (Å²) >= 11 is 0. The molecule has 0 radical (unpaired) electrons. The summed E-state index contributed by atoms with van der Waals surface area (Å²) in [5, 5.41) is 9.22. The van der Waals surface area contributed by atoms with Crippen molar-refractivity contribution in [3.63, 3.8) is 0 Å². The van der Waals surface area contributed by atoms with Gasteiger partial charge >= 0.3 is 0 Å². The number of amides is 1. The monoisotopic (exact) mass is 402 g/mol. The van der Waals surface area contributed by atoms with E-state index in [0.717, 1.165) is 18.1 Å². The Balaban J connectivity index is 0.00000220. The quantitative estimate of drug-likeness (QED) is 0.401. The number of hydrogen-bond donors (Lipinski definition) is 3. The maximum Gasteiger partial charge on any atom is 0.251 e. The Morgan fingerprint density at radius 3 is 2.48 bits per heavy atom. The molecule has 5 nitrogen and oxygen atoms in total. The van der Waals surface area contributed by atoms with Crippen LogP contribution in [0.3, 0.4) is 0 Å². The molecule has 0 atom stereocenters. The van der Waals surface area contributed by atoms with Gasteiger partial charge in [-0.3, -0.25) is 4.79 Å². The van der Waals surface area contributed by atoms with Gasteiger partial charge in [0.1, 0.15) is 0 Å². The number of nitrogens with one attached hydrogen (secondary N) is 3. The highest BCUT2D eigenvalue weighted by atomic mass is 127. The second kappa shape index (κ2) is 8.86. The lowest BCUT2D eigenvalue weighted by molar-refractivity contribution is 0.0963. The third-order valence-electron chi connectivity index (χ3n) is 3.13. The Morgan fingerprint density at radius 2 is 1.95 bits per heavy atom. The molecule has 1 fully saturated rings. The minimum atomic E-state index is -0.0659. The molecule has 1 aromatic carbocycles. The van der Waals surface area contributed by atoms with Crippen LogP contribution in [-0.4, -0.2) is 31.5 Å². The number of halogens is 1. The van der Waals surface area contributed by atoms with Crippen LogP contribution < -0.4 is 16.0 Å². The van der Waals surface area contributed by atoms with E-state index in [9.17, 15) is 4.79 Å². The molecule has 3 N–H and O–H groups in total. The average molecular weight is 402 g/mol. The molecule has 1 aliphatic carbocycles. The first-order chi connectivity index (χ1) is 9.72. The van der Waals surface area contributed by atoms with Crippen molar-refractivity contribution in [3.05, 3.63) is 35.4 Å². The first-order valence-electron chi connectivity index (χ1n) is 7.08. The van der Waals surface area contributed by atoms with Crippen LogP contribution >= 0.6 is 24.0 Å². The molecule has 1 amide bonds. The van der Waals surface area contributed by atoms with Gasteiger partial charge in [-0.15, -0.1) is 24.0 Å². The maximum atomic E-state index is 11.4. The zero-order chi connectivity index (χ0) is 14.4.